The van der Waals surface area contributed by atoms with Gasteiger partial charge in [-0.2, -0.15) is 11.8 Å². The summed E-state index contributed by atoms with van der Waals surface area (Å²) in [6.07, 6.45) is 3.24. The van der Waals surface area contributed by atoms with Crippen LogP contribution >= 0.6 is 11.8 Å². The van der Waals surface area contributed by atoms with E-state index in [-0.39, 0.29) is 0 Å². The summed E-state index contributed by atoms with van der Waals surface area (Å²) in [5, 5.41) is 5.82. The van der Waals surface area contributed by atoms with Gasteiger partial charge in [-0.3, -0.25) is 0 Å². The monoisotopic (exact) mass is 239 g/mol. The Morgan fingerprint density at radius 3 is 2.50 bits per heavy atom. The molecule has 16 heavy (non-hydrogen) atoms. The highest BCUT2D eigenvalue weighted by atomic mass is 32.2. The zero-order valence-electron chi connectivity index (χ0n) is 9.32. The van der Waals surface area contributed by atoms with Gasteiger partial charge in [0, 0.05) is 17.9 Å². The van der Waals surface area contributed by atoms with Crippen molar-refractivity contribution in [3.05, 3.63) is 24.3 Å². The van der Waals surface area contributed by atoms with E-state index in [9.17, 15) is 4.79 Å². The van der Waals surface area contributed by atoms with Crippen LogP contribution in [0, 0.1) is 0 Å². The fraction of sp³-hybridized carbons (Fsp3) is 0.364. The van der Waals surface area contributed by atoms with Gasteiger partial charge in [0.15, 0.2) is 0 Å². The molecule has 0 saturated heterocycles. The molecule has 1 aromatic carbocycles. The molecule has 0 bridgehead atoms. The standard InChI is InChI=1S/C11H17N3OS/c1-16-8-2-7-13-9-3-5-10(6-4-9)14-11(12)15/h3-6,13H,2,7-8H2,1H3,(H3,12,14,15). The maximum atomic E-state index is 10.6. The minimum absolute atomic E-state index is 0.541. The van der Waals surface area contributed by atoms with E-state index in [2.05, 4.69) is 16.9 Å². The van der Waals surface area contributed by atoms with Crippen molar-refractivity contribution in [3.63, 3.8) is 0 Å². The molecule has 0 saturated carbocycles. The predicted molar refractivity (Wildman–Crippen MR) is 71.1 cm³/mol. The zero-order chi connectivity index (χ0) is 11.8. The number of hydrogen-bond acceptors (Lipinski definition) is 3. The highest BCUT2D eigenvalue weighted by molar-refractivity contribution is 7.98. The first-order valence-corrected chi connectivity index (χ1v) is 6.51. The summed E-state index contributed by atoms with van der Waals surface area (Å²) >= 11 is 1.84. The smallest absolute Gasteiger partial charge is 0.316 e. The van der Waals surface area contributed by atoms with Crippen molar-refractivity contribution in [1.29, 1.82) is 0 Å². The number of primary amides is 1. The third-order valence-electron chi connectivity index (χ3n) is 2.01. The molecular formula is C11H17N3OS. The molecule has 0 aliphatic heterocycles. The van der Waals surface area contributed by atoms with E-state index in [4.69, 9.17) is 5.73 Å². The second-order valence-corrected chi connectivity index (χ2v) is 4.33. The lowest BCUT2D eigenvalue weighted by Gasteiger charge is -2.07. The second-order valence-electron chi connectivity index (χ2n) is 3.34. The first kappa shape index (κ1) is 12.7. The summed E-state index contributed by atoms with van der Waals surface area (Å²) in [6.45, 7) is 0.962. The number of nitrogens with one attached hydrogen (secondary N) is 2. The van der Waals surface area contributed by atoms with Gasteiger partial charge in [0.1, 0.15) is 0 Å². The van der Waals surface area contributed by atoms with Crippen LogP contribution in [-0.4, -0.2) is 24.6 Å². The molecule has 4 N–H and O–H groups in total. The fourth-order valence-corrected chi connectivity index (χ4v) is 1.70. The van der Waals surface area contributed by atoms with Crippen molar-refractivity contribution in [3.8, 4) is 0 Å². The Bertz CT molecular complexity index is 327. The number of hydrogen-bond donors (Lipinski definition) is 3. The quantitative estimate of drug-likeness (QED) is 0.667. The van der Waals surface area contributed by atoms with Gasteiger partial charge in [-0.25, -0.2) is 4.79 Å². The number of rotatable bonds is 6. The first-order valence-electron chi connectivity index (χ1n) is 5.11. The Balaban J connectivity index is 2.36. The van der Waals surface area contributed by atoms with Gasteiger partial charge in [0.05, 0.1) is 0 Å². The van der Waals surface area contributed by atoms with Crippen molar-refractivity contribution >= 4 is 29.2 Å². The SMILES string of the molecule is CSCCCNc1ccc(NC(N)=O)cc1. The Morgan fingerprint density at radius 2 is 1.94 bits per heavy atom. The summed E-state index contributed by atoms with van der Waals surface area (Å²) in [6, 6.07) is 6.94. The maximum Gasteiger partial charge on any atom is 0.316 e. The van der Waals surface area contributed by atoms with Crippen molar-refractivity contribution < 1.29 is 4.79 Å². The predicted octanol–water partition coefficient (Wildman–Crippen LogP) is 2.34. The molecule has 0 atom stereocenters. The van der Waals surface area contributed by atoms with Crippen molar-refractivity contribution in [2.45, 2.75) is 6.42 Å². The minimum atomic E-state index is -0.541. The van der Waals surface area contributed by atoms with Crippen molar-refractivity contribution in [2.75, 3.05) is 29.2 Å². The van der Waals surface area contributed by atoms with Crippen LogP contribution in [0.2, 0.25) is 0 Å². The highest BCUT2D eigenvalue weighted by Crippen LogP contribution is 2.13. The Hall–Kier alpha value is -1.36. The lowest BCUT2D eigenvalue weighted by Crippen LogP contribution is -2.19. The number of carbonyl (C=O) groups is 1. The highest BCUT2D eigenvalue weighted by Gasteiger charge is 1.96. The van der Waals surface area contributed by atoms with Crippen LogP contribution < -0.4 is 16.4 Å². The lowest BCUT2D eigenvalue weighted by atomic mass is 10.2. The molecule has 88 valence electrons. The van der Waals surface area contributed by atoms with E-state index in [1.807, 2.05) is 36.0 Å². The van der Waals surface area contributed by atoms with Gasteiger partial charge in [-0.15, -0.1) is 0 Å². The zero-order valence-corrected chi connectivity index (χ0v) is 10.1. The molecular weight excluding hydrogens is 222 g/mol. The summed E-state index contributed by atoms with van der Waals surface area (Å²) in [7, 11) is 0. The van der Waals surface area contributed by atoms with Gasteiger partial charge in [0.2, 0.25) is 0 Å². The molecule has 0 spiro atoms. The average molecular weight is 239 g/mol. The van der Waals surface area contributed by atoms with Gasteiger partial charge in [-0.05, 0) is 42.7 Å². The van der Waals surface area contributed by atoms with Crippen LogP contribution in [0.1, 0.15) is 6.42 Å². The first-order chi connectivity index (χ1) is 7.72. The van der Waals surface area contributed by atoms with Crippen LogP contribution in [0.5, 0.6) is 0 Å². The summed E-state index contributed by atoms with van der Waals surface area (Å²) in [5.41, 5.74) is 6.77. The summed E-state index contributed by atoms with van der Waals surface area (Å²) in [5.74, 6) is 1.16. The Morgan fingerprint density at radius 1 is 1.31 bits per heavy atom. The summed E-state index contributed by atoms with van der Waals surface area (Å²) in [4.78, 5) is 10.6. The minimum Gasteiger partial charge on any atom is -0.385 e. The number of anilines is 2. The van der Waals surface area contributed by atoms with Gasteiger partial charge in [0.25, 0.3) is 0 Å². The average Bonchev–Trinajstić information content (AvgIpc) is 2.26. The number of thioether (sulfide) groups is 1. The number of urea groups is 1. The molecule has 0 aliphatic carbocycles. The van der Waals surface area contributed by atoms with Crippen molar-refractivity contribution in [1.82, 2.24) is 0 Å². The molecule has 0 fully saturated rings. The molecule has 0 unspecified atom stereocenters. The number of benzene rings is 1. The van der Waals surface area contributed by atoms with E-state index in [1.165, 1.54) is 0 Å². The number of nitrogens with two attached hydrogens (primary N) is 1. The maximum absolute atomic E-state index is 10.6. The molecule has 4 nitrogen and oxygen atoms in total. The van der Waals surface area contributed by atoms with E-state index in [1.54, 1.807) is 0 Å². The second kappa shape index (κ2) is 7.00. The Labute approximate surface area is 100.0 Å². The lowest BCUT2D eigenvalue weighted by molar-refractivity contribution is 0.259. The van der Waals surface area contributed by atoms with Crippen LogP contribution in [0.15, 0.2) is 24.3 Å². The van der Waals surface area contributed by atoms with Crippen molar-refractivity contribution in [2.24, 2.45) is 5.73 Å². The third kappa shape index (κ3) is 4.93. The molecule has 1 aromatic rings. The normalized spacial score (nSPS) is 9.81. The molecule has 5 heteroatoms. The molecule has 1 rings (SSSR count). The Kier molecular flexibility index (Phi) is 5.56. The van der Waals surface area contributed by atoms with Gasteiger partial charge >= 0.3 is 6.03 Å². The van der Waals surface area contributed by atoms with Gasteiger partial charge in [-0.1, -0.05) is 0 Å². The van der Waals surface area contributed by atoms with E-state index >= 15 is 0 Å². The molecule has 0 aromatic heterocycles. The third-order valence-corrected chi connectivity index (χ3v) is 2.70. The van der Waals surface area contributed by atoms with Crippen LogP contribution in [-0.2, 0) is 0 Å². The van der Waals surface area contributed by atoms with Crippen LogP contribution in [0.4, 0.5) is 16.2 Å². The molecule has 2 amide bonds. The number of carbonyl (C=O) groups excluding carboxylic acids is 1. The summed E-state index contributed by atoms with van der Waals surface area (Å²) < 4.78 is 0. The van der Waals surface area contributed by atoms with E-state index in [0.29, 0.717) is 5.69 Å². The fourth-order valence-electron chi connectivity index (χ4n) is 1.26. The number of amides is 2. The molecule has 0 aliphatic rings. The molecule has 0 heterocycles. The largest absolute Gasteiger partial charge is 0.385 e. The van der Waals surface area contributed by atoms with Crippen LogP contribution in [0.25, 0.3) is 0 Å². The van der Waals surface area contributed by atoms with E-state index < -0.39 is 6.03 Å². The van der Waals surface area contributed by atoms with Crippen LogP contribution in [0.3, 0.4) is 0 Å². The molecule has 0 radical (unpaired) electrons. The van der Waals surface area contributed by atoms with E-state index in [0.717, 1.165) is 24.4 Å². The topological polar surface area (TPSA) is 67.2 Å². The van der Waals surface area contributed by atoms with Gasteiger partial charge < -0.3 is 16.4 Å².